The van der Waals surface area contributed by atoms with E-state index in [0.29, 0.717) is 0 Å². The monoisotopic (exact) mass is 177 g/mol. The molecule has 0 unspecified atom stereocenters. The maximum Gasteiger partial charge on any atom is 0.159 e. The summed E-state index contributed by atoms with van der Waals surface area (Å²) in [5, 5.41) is 3.91. The zero-order chi connectivity index (χ0) is 9.10. The van der Waals surface area contributed by atoms with E-state index in [1.54, 1.807) is 12.4 Å². The van der Waals surface area contributed by atoms with Gasteiger partial charge in [-0.25, -0.2) is 4.98 Å². The number of hydrogen-bond donors (Lipinski definition) is 1. The number of hydrogen-bond acceptors (Lipinski definition) is 3. The Balaban J connectivity index is 2.23. The number of aryl methyl sites for hydroxylation is 1. The Morgan fingerprint density at radius 3 is 3.15 bits per heavy atom. The van der Waals surface area contributed by atoms with Crippen LogP contribution in [0.15, 0.2) is 23.0 Å². The first-order chi connectivity index (χ1) is 6.40. The largest absolute Gasteiger partial charge is 0.361 e. The van der Waals surface area contributed by atoms with Crippen LogP contribution in [0.25, 0.3) is 11.5 Å². The molecule has 2 aromatic heterocycles. The smallest absolute Gasteiger partial charge is 0.159 e. The Morgan fingerprint density at radius 2 is 2.46 bits per heavy atom. The SMILES string of the molecule is CCCc1cc(-c2ncc[nH]2)no1. The summed E-state index contributed by atoms with van der Waals surface area (Å²) in [7, 11) is 0. The van der Waals surface area contributed by atoms with Crippen LogP contribution < -0.4 is 0 Å². The quantitative estimate of drug-likeness (QED) is 0.780. The van der Waals surface area contributed by atoms with Gasteiger partial charge in [-0.1, -0.05) is 12.1 Å². The molecule has 0 radical (unpaired) electrons. The van der Waals surface area contributed by atoms with Crippen molar-refractivity contribution in [3.8, 4) is 11.5 Å². The van der Waals surface area contributed by atoms with E-state index in [1.165, 1.54) is 0 Å². The molecule has 2 heterocycles. The van der Waals surface area contributed by atoms with Crippen LogP contribution in [-0.2, 0) is 6.42 Å². The lowest BCUT2D eigenvalue weighted by Crippen LogP contribution is -1.78. The Hall–Kier alpha value is -1.58. The van der Waals surface area contributed by atoms with Gasteiger partial charge < -0.3 is 9.51 Å². The Bertz CT molecular complexity index is 364. The summed E-state index contributed by atoms with van der Waals surface area (Å²) in [4.78, 5) is 7.06. The minimum atomic E-state index is 0.756. The van der Waals surface area contributed by atoms with Crippen molar-refractivity contribution in [2.45, 2.75) is 19.8 Å². The summed E-state index contributed by atoms with van der Waals surface area (Å²) < 4.78 is 5.12. The van der Waals surface area contributed by atoms with Gasteiger partial charge in [0.25, 0.3) is 0 Å². The Labute approximate surface area is 76.0 Å². The Morgan fingerprint density at radius 1 is 1.54 bits per heavy atom. The lowest BCUT2D eigenvalue weighted by atomic mass is 10.2. The van der Waals surface area contributed by atoms with E-state index in [2.05, 4.69) is 22.0 Å². The van der Waals surface area contributed by atoms with Gasteiger partial charge in [0.2, 0.25) is 0 Å². The van der Waals surface area contributed by atoms with Crippen LogP contribution >= 0.6 is 0 Å². The molecule has 0 fully saturated rings. The van der Waals surface area contributed by atoms with E-state index in [4.69, 9.17) is 4.52 Å². The summed E-state index contributed by atoms with van der Waals surface area (Å²) in [5.41, 5.74) is 0.772. The highest BCUT2D eigenvalue weighted by molar-refractivity contribution is 5.47. The van der Waals surface area contributed by atoms with Gasteiger partial charge in [0.15, 0.2) is 5.82 Å². The molecule has 0 saturated carbocycles. The predicted octanol–water partition coefficient (Wildman–Crippen LogP) is 2.02. The molecule has 0 aliphatic heterocycles. The highest BCUT2D eigenvalue weighted by Gasteiger charge is 2.06. The molecule has 68 valence electrons. The lowest BCUT2D eigenvalue weighted by molar-refractivity contribution is 0.384. The molecule has 0 aliphatic rings. The maximum absolute atomic E-state index is 5.12. The van der Waals surface area contributed by atoms with Crippen molar-refractivity contribution in [1.82, 2.24) is 15.1 Å². The molecule has 0 bridgehead atoms. The van der Waals surface area contributed by atoms with E-state index in [0.717, 1.165) is 30.1 Å². The van der Waals surface area contributed by atoms with Crippen LogP contribution in [0.4, 0.5) is 0 Å². The first-order valence-electron chi connectivity index (χ1n) is 4.35. The summed E-state index contributed by atoms with van der Waals surface area (Å²) in [6.45, 7) is 2.11. The summed E-state index contributed by atoms with van der Waals surface area (Å²) in [5.74, 6) is 1.67. The number of nitrogens with one attached hydrogen (secondary N) is 1. The number of aromatic amines is 1. The zero-order valence-corrected chi connectivity index (χ0v) is 7.45. The molecule has 13 heavy (non-hydrogen) atoms. The molecular weight excluding hydrogens is 166 g/mol. The second kappa shape index (κ2) is 3.43. The normalized spacial score (nSPS) is 10.5. The van der Waals surface area contributed by atoms with Crippen LogP contribution in [-0.4, -0.2) is 15.1 Å². The predicted molar refractivity (Wildman–Crippen MR) is 48.1 cm³/mol. The van der Waals surface area contributed by atoms with Crippen molar-refractivity contribution in [3.63, 3.8) is 0 Å². The van der Waals surface area contributed by atoms with Gasteiger partial charge >= 0.3 is 0 Å². The van der Waals surface area contributed by atoms with Crippen LogP contribution in [0.5, 0.6) is 0 Å². The first kappa shape index (κ1) is 8.04. The number of aromatic nitrogens is 3. The third kappa shape index (κ3) is 1.61. The second-order valence-electron chi connectivity index (χ2n) is 2.87. The van der Waals surface area contributed by atoms with Crippen molar-refractivity contribution in [2.75, 3.05) is 0 Å². The topological polar surface area (TPSA) is 54.7 Å². The zero-order valence-electron chi connectivity index (χ0n) is 7.45. The molecule has 0 atom stereocenters. The molecule has 0 spiro atoms. The van der Waals surface area contributed by atoms with E-state index < -0.39 is 0 Å². The molecule has 0 aromatic carbocycles. The van der Waals surface area contributed by atoms with Gasteiger partial charge in [-0.15, -0.1) is 0 Å². The van der Waals surface area contributed by atoms with Gasteiger partial charge in [-0.2, -0.15) is 0 Å². The van der Waals surface area contributed by atoms with Crippen molar-refractivity contribution < 1.29 is 4.52 Å². The van der Waals surface area contributed by atoms with E-state index in [-0.39, 0.29) is 0 Å². The number of H-pyrrole nitrogens is 1. The third-order valence-electron chi connectivity index (χ3n) is 1.80. The number of rotatable bonds is 3. The van der Waals surface area contributed by atoms with E-state index >= 15 is 0 Å². The van der Waals surface area contributed by atoms with E-state index in [9.17, 15) is 0 Å². The molecule has 0 aliphatic carbocycles. The van der Waals surface area contributed by atoms with Gasteiger partial charge in [0.05, 0.1) is 0 Å². The molecular formula is C9H11N3O. The molecule has 4 nitrogen and oxygen atoms in total. The fourth-order valence-electron chi connectivity index (χ4n) is 1.19. The minimum Gasteiger partial charge on any atom is -0.361 e. The fraction of sp³-hybridized carbons (Fsp3) is 0.333. The molecule has 0 amide bonds. The minimum absolute atomic E-state index is 0.756. The molecule has 4 heteroatoms. The van der Waals surface area contributed by atoms with Gasteiger partial charge in [-0.05, 0) is 6.42 Å². The van der Waals surface area contributed by atoms with Crippen LogP contribution in [0.1, 0.15) is 19.1 Å². The average molecular weight is 177 g/mol. The van der Waals surface area contributed by atoms with Gasteiger partial charge in [0.1, 0.15) is 11.5 Å². The highest BCUT2D eigenvalue weighted by Crippen LogP contribution is 2.14. The molecule has 2 rings (SSSR count). The number of imidazole rings is 1. The van der Waals surface area contributed by atoms with Gasteiger partial charge in [0, 0.05) is 24.9 Å². The lowest BCUT2D eigenvalue weighted by Gasteiger charge is -1.84. The average Bonchev–Trinajstić information content (AvgIpc) is 2.70. The number of nitrogens with zero attached hydrogens (tertiary/aromatic N) is 2. The summed E-state index contributed by atoms with van der Waals surface area (Å²) in [6, 6.07) is 1.92. The summed E-state index contributed by atoms with van der Waals surface area (Å²) in [6.07, 6.45) is 5.45. The van der Waals surface area contributed by atoms with Crippen molar-refractivity contribution in [1.29, 1.82) is 0 Å². The van der Waals surface area contributed by atoms with Gasteiger partial charge in [-0.3, -0.25) is 0 Å². The van der Waals surface area contributed by atoms with Crippen molar-refractivity contribution >= 4 is 0 Å². The highest BCUT2D eigenvalue weighted by atomic mass is 16.5. The summed E-state index contributed by atoms with van der Waals surface area (Å²) >= 11 is 0. The Kier molecular flexibility index (Phi) is 2.12. The third-order valence-corrected chi connectivity index (χ3v) is 1.80. The maximum atomic E-state index is 5.12. The van der Waals surface area contributed by atoms with Crippen molar-refractivity contribution in [3.05, 3.63) is 24.2 Å². The van der Waals surface area contributed by atoms with Crippen LogP contribution in [0, 0.1) is 0 Å². The van der Waals surface area contributed by atoms with Crippen LogP contribution in [0.3, 0.4) is 0 Å². The standard InChI is InChI=1S/C9H11N3O/c1-2-3-7-6-8(12-13-7)9-10-4-5-11-9/h4-6H,2-3H2,1H3,(H,10,11). The fourth-order valence-corrected chi connectivity index (χ4v) is 1.19. The van der Waals surface area contributed by atoms with Crippen molar-refractivity contribution in [2.24, 2.45) is 0 Å². The first-order valence-corrected chi connectivity index (χ1v) is 4.35. The molecule has 2 aromatic rings. The second-order valence-corrected chi connectivity index (χ2v) is 2.87. The molecule has 0 saturated heterocycles. The molecule has 1 N–H and O–H groups in total. The van der Waals surface area contributed by atoms with E-state index in [1.807, 2.05) is 6.07 Å². The van der Waals surface area contributed by atoms with Crippen LogP contribution in [0.2, 0.25) is 0 Å².